The third-order valence-corrected chi connectivity index (χ3v) is 4.21. The third kappa shape index (κ3) is 2.99. The largest absolute Gasteiger partial charge is 0.361 e. The Bertz CT molecular complexity index is 689. The second-order valence-electron chi connectivity index (χ2n) is 4.91. The van der Waals surface area contributed by atoms with Gasteiger partial charge in [-0.15, -0.1) is 0 Å². The molecule has 0 amide bonds. The zero-order valence-electron chi connectivity index (χ0n) is 11.6. The van der Waals surface area contributed by atoms with Crippen molar-refractivity contribution in [3.8, 4) is 0 Å². The van der Waals surface area contributed by atoms with Crippen LogP contribution in [0.3, 0.4) is 0 Å². The van der Waals surface area contributed by atoms with Crippen LogP contribution in [0.1, 0.15) is 24.5 Å². The minimum Gasteiger partial charge on any atom is -0.361 e. The van der Waals surface area contributed by atoms with Crippen LogP contribution in [0.15, 0.2) is 48.5 Å². The molecule has 20 heavy (non-hydrogen) atoms. The fraction of sp³-hybridized carbons (Fsp3) is 0.235. The molecule has 1 N–H and O–H groups in total. The van der Waals surface area contributed by atoms with Gasteiger partial charge in [0.15, 0.2) is 5.13 Å². The van der Waals surface area contributed by atoms with Crippen molar-refractivity contribution in [3.63, 3.8) is 0 Å². The van der Waals surface area contributed by atoms with Gasteiger partial charge in [-0.2, -0.15) is 0 Å². The van der Waals surface area contributed by atoms with E-state index in [0.29, 0.717) is 0 Å². The molecule has 0 atom stereocenters. The Kier molecular flexibility index (Phi) is 3.97. The van der Waals surface area contributed by atoms with Gasteiger partial charge in [0.1, 0.15) is 0 Å². The monoisotopic (exact) mass is 282 g/mol. The molecule has 0 unspecified atom stereocenters. The van der Waals surface area contributed by atoms with Crippen molar-refractivity contribution in [2.75, 3.05) is 11.9 Å². The van der Waals surface area contributed by atoms with E-state index in [4.69, 9.17) is 0 Å². The smallest absolute Gasteiger partial charge is 0.183 e. The summed E-state index contributed by atoms with van der Waals surface area (Å²) in [5, 5.41) is 4.39. The lowest BCUT2D eigenvalue weighted by Crippen LogP contribution is -1.98. The van der Waals surface area contributed by atoms with Crippen molar-refractivity contribution in [2.24, 2.45) is 0 Å². The van der Waals surface area contributed by atoms with E-state index >= 15 is 0 Å². The highest BCUT2D eigenvalue weighted by molar-refractivity contribution is 7.22. The fourth-order valence-electron chi connectivity index (χ4n) is 2.22. The van der Waals surface area contributed by atoms with Crippen molar-refractivity contribution in [3.05, 3.63) is 59.7 Å². The van der Waals surface area contributed by atoms with E-state index in [0.717, 1.165) is 30.0 Å². The van der Waals surface area contributed by atoms with Crippen molar-refractivity contribution in [1.29, 1.82) is 0 Å². The van der Waals surface area contributed by atoms with Crippen LogP contribution in [0.4, 0.5) is 5.13 Å². The van der Waals surface area contributed by atoms with Crippen LogP contribution in [0.25, 0.3) is 10.2 Å². The van der Waals surface area contributed by atoms with Crippen LogP contribution in [-0.2, 0) is 6.42 Å². The third-order valence-electron chi connectivity index (χ3n) is 3.23. The summed E-state index contributed by atoms with van der Waals surface area (Å²) in [7, 11) is 0. The van der Waals surface area contributed by atoms with E-state index < -0.39 is 0 Å². The van der Waals surface area contributed by atoms with Crippen LogP contribution in [0.5, 0.6) is 0 Å². The lowest BCUT2D eigenvalue weighted by Gasteiger charge is -2.01. The summed E-state index contributed by atoms with van der Waals surface area (Å²) in [4.78, 5) is 4.61. The lowest BCUT2D eigenvalue weighted by atomic mass is 10.1. The Morgan fingerprint density at radius 3 is 2.70 bits per heavy atom. The average Bonchev–Trinajstić information content (AvgIpc) is 2.88. The molecule has 1 heterocycles. The molecule has 0 aliphatic rings. The molecule has 0 fully saturated rings. The Balaban J connectivity index is 1.83. The minimum atomic E-state index is 0.979. The molecule has 2 aromatic carbocycles. The molecule has 0 aliphatic heterocycles. The Morgan fingerprint density at radius 2 is 1.90 bits per heavy atom. The zero-order valence-corrected chi connectivity index (χ0v) is 12.4. The Hall–Kier alpha value is -1.87. The molecular formula is C17H18N2S. The van der Waals surface area contributed by atoms with Gasteiger partial charge in [0.25, 0.3) is 0 Å². The average molecular weight is 282 g/mol. The highest BCUT2D eigenvalue weighted by Gasteiger charge is 2.04. The molecule has 3 aromatic rings. The fourth-order valence-corrected chi connectivity index (χ4v) is 3.17. The first-order chi connectivity index (χ1) is 9.85. The van der Waals surface area contributed by atoms with Gasteiger partial charge in [-0.3, -0.25) is 0 Å². The molecule has 3 rings (SSSR count). The molecule has 0 saturated heterocycles. The predicted octanol–water partition coefficient (Wildman–Crippen LogP) is 4.71. The van der Waals surface area contributed by atoms with E-state index in [1.165, 1.54) is 15.8 Å². The maximum Gasteiger partial charge on any atom is 0.183 e. The Morgan fingerprint density at radius 1 is 1.05 bits per heavy atom. The number of aromatic nitrogens is 1. The van der Waals surface area contributed by atoms with Crippen LogP contribution < -0.4 is 5.32 Å². The molecule has 102 valence electrons. The number of hydrogen-bond donors (Lipinski definition) is 1. The van der Waals surface area contributed by atoms with Crippen molar-refractivity contribution in [1.82, 2.24) is 4.98 Å². The lowest BCUT2D eigenvalue weighted by molar-refractivity contribution is 0.977. The van der Waals surface area contributed by atoms with E-state index in [2.05, 4.69) is 65.8 Å². The van der Waals surface area contributed by atoms with Crippen LogP contribution in [-0.4, -0.2) is 11.5 Å². The summed E-state index contributed by atoms with van der Waals surface area (Å²) in [6.07, 6.45) is 2.10. The van der Waals surface area contributed by atoms with Gasteiger partial charge in [-0.05, 0) is 36.1 Å². The Labute approximate surface area is 123 Å². The van der Waals surface area contributed by atoms with Crippen molar-refractivity contribution in [2.45, 2.75) is 19.8 Å². The topological polar surface area (TPSA) is 24.9 Å². The van der Waals surface area contributed by atoms with Crippen LogP contribution in [0.2, 0.25) is 0 Å². The molecule has 3 heteroatoms. The van der Waals surface area contributed by atoms with Crippen LogP contribution >= 0.6 is 11.3 Å². The predicted molar refractivity (Wildman–Crippen MR) is 87.6 cm³/mol. The summed E-state index contributed by atoms with van der Waals surface area (Å²) < 4.78 is 1.26. The van der Waals surface area contributed by atoms with E-state index in [9.17, 15) is 0 Å². The van der Waals surface area contributed by atoms with Gasteiger partial charge in [-0.1, -0.05) is 54.7 Å². The van der Waals surface area contributed by atoms with E-state index in [1.54, 1.807) is 11.3 Å². The summed E-state index contributed by atoms with van der Waals surface area (Å²) in [5.74, 6) is 0. The molecule has 0 saturated carbocycles. The SMILES string of the molecule is CCCNc1nc2ccc(Cc3ccccc3)cc2s1. The highest BCUT2D eigenvalue weighted by atomic mass is 32.1. The van der Waals surface area contributed by atoms with Crippen molar-refractivity contribution >= 4 is 26.7 Å². The van der Waals surface area contributed by atoms with Gasteiger partial charge in [-0.25, -0.2) is 4.98 Å². The molecule has 0 bridgehead atoms. The summed E-state index contributed by atoms with van der Waals surface area (Å²) in [6, 6.07) is 17.1. The molecule has 0 spiro atoms. The molecule has 0 radical (unpaired) electrons. The molecule has 1 aromatic heterocycles. The summed E-state index contributed by atoms with van der Waals surface area (Å²) in [6.45, 7) is 3.15. The molecule has 2 nitrogen and oxygen atoms in total. The maximum absolute atomic E-state index is 4.61. The van der Waals surface area contributed by atoms with E-state index in [-0.39, 0.29) is 0 Å². The second-order valence-corrected chi connectivity index (χ2v) is 5.94. The highest BCUT2D eigenvalue weighted by Crippen LogP contribution is 2.27. The first-order valence-electron chi connectivity index (χ1n) is 7.02. The van der Waals surface area contributed by atoms with Gasteiger partial charge in [0, 0.05) is 6.54 Å². The summed E-state index contributed by atoms with van der Waals surface area (Å²) >= 11 is 1.74. The number of nitrogens with one attached hydrogen (secondary N) is 1. The van der Waals surface area contributed by atoms with Crippen LogP contribution in [0, 0.1) is 0 Å². The first-order valence-corrected chi connectivity index (χ1v) is 7.84. The number of anilines is 1. The normalized spacial score (nSPS) is 10.8. The van der Waals surface area contributed by atoms with Gasteiger partial charge < -0.3 is 5.32 Å². The number of benzene rings is 2. The zero-order chi connectivity index (χ0) is 13.8. The van der Waals surface area contributed by atoms with Gasteiger partial charge in [0.2, 0.25) is 0 Å². The second kappa shape index (κ2) is 6.06. The summed E-state index contributed by atoms with van der Waals surface area (Å²) in [5.41, 5.74) is 3.78. The minimum absolute atomic E-state index is 0.979. The maximum atomic E-state index is 4.61. The number of rotatable bonds is 5. The number of thiazole rings is 1. The van der Waals surface area contributed by atoms with Crippen molar-refractivity contribution < 1.29 is 0 Å². The van der Waals surface area contributed by atoms with Gasteiger partial charge in [0.05, 0.1) is 10.2 Å². The van der Waals surface area contributed by atoms with Gasteiger partial charge >= 0.3 is 0 Å². The standard InChI is InChI=1S/C17H18N2S/c1-2-10-18-17-19-15-9-8-14(12-16(15)20-17)11-13-6-4-3-5-7-13/h3-9,12H,2,10-11H2,1H3,(H,18,19). The number of hydrogen-bond acceptors (Lipinski definition) is 3. The first kappa shape index (κ1) is 13.1. The molecular weight excluding hydrogens is 264 g/mol. The number of nitrogens with zero attached hydrogens (tertiary/aromatic N) is 1. The number of fused-ring (bicyclic) bond motifs is 1. The molecule has 0 aliphatic carbocycles. The quantitative estimate of drug-likeness (QED) is 0.733. The van der Waals surface area contributed by atoms with E-state index in [1.807, 2.05) is 0 Å².